The summed E-state index contributed by atoms with van der Waals surface area (Å²) < 4.78 is 11.0. The van der Waals surface area contributed by atoms with E-state index >= 15 is 0 Å². The summed E-state index contributed by atoms with van der Waals surface area (Å²) in [5, 5.41) is 0. The Balaban J connectivity index is 2.71. The minimum absolute atomic E-state index is 0.443. The number of hydrogen-bond donors (Lipinski definition) is 1. The molecule has 1 atom stereocenters. The number of ether oxygens (including phenoxy) is 2. The van der Waals surface area contributed by atoms with Crippen LogP contribution in [0.1, 0.15) is 19.4 Å². The minimum atomic E-state index is 0.443. The highest BCUT2D eigenvalue weighted by molar-refractivity contribution is 7.80. The molecule has 0 fully saturated rings. The molecule has 0 heterocycles. The van der Waals surface area contributed by atoms with E-state index in [1.54, 1.807) is 7.11 Å². The van der Waals surface area contributed by atoms with Gasteiger partial charge in [-0.05, 0) is 35.8 Å². The van der Waals surface area contributed by atoms with Crippen LogP contribution in [0.15, 0.2) is 18.2 Å². The molecule has 1 aromatic carbocycles. The van der Waals surface area contributed by atoms with Crippen LogP contribution >= 0.6 is 12.6 Å². The molecule has 3 heteroatoms. The molecule has 1 rings (SSSR count). The van der Waals surface area contributed by atoms with Crippen LogP contribution in [0.2, 0.25) is 0 Å². The molecule has 0 saturated heterocycles. The molecule has 0 N–H and O–H groups in total. The first-order valence-electron chi connectivity index (χ1n) is 5.61. The lowest BCUT2D eigenvalue weighted by Gasteiger charge is -2.14. The van der Waals surface area contributed by atoms with E-state index < -0.39 is 0 Å². The Morgan fingerprint density at radius 2 is 2.06 bits per heavy atom. The van der Waals surface area contributed by atoms with E-state index in [1.165, 1.54) is 5.56 Å². The second kappa shape index (κ2) is 6.69. The third-order valence-corrected chi connectivity index (χ3v) is 3.09. The van der Waals surface area contributed by atoms with Gasteiger partial charge in [-0.15, -0.1) is 0 Å². The SMILES string of the molecule is CCc1ccc(OCC(C)CS)c(OC)c1. The Morgan fingerprint density at radius 1 is 1.31 bits per heavy atom. The molecule has 0 saturated carbocycles. The average Bonchev–Trinajstić information content (AvgIpc) is 2.35. The molecule has 0 aliphatic rings. The van der Waals surface area contributed by atoms with Gasteiger partial charge in [0.1, 0.15) is 0 Å². The normalized spacial score (nSPS) is 12.2. The zero-order chi connectivity index (χ0) is 12.0. The lowest BCUT2D eigenvalue weighted by molar-refractivity contribution is 0.259. The Hall–Kier alpha value is -0.830. The third kappa shape index (κ3) is 3.63. The number of benzene rings is 1. The highest BCUT2D eigenvalue weighted by atomic mass is 32.1. The van der Waals surface area contributed by atoms with Crippen LogP contribution in [-0.4, -0.2) is 19.5 Å². The smallest absolute Gasteiger partial charge is 0.161 e. The lowest BCUT2D eigenvalue weighted by atomic mass is 10.1. The van der Waals surface area contributed by atoms with E-state index in [-0.39, 0.29) is 0 Å². The van der Waals surface area contributed by atoms with Crippen molar-refractivity contribution >= 4 is 12.6 Å². The van der Waals surface area contributed by atoms with Crippen molar-refractivity contribution in [3.8, 4) is 11.5 Å². The summed E-state index contributed by atoms with van der Waals surface area (Å²) in [4.78, 5) is 0. The Labute approximate surface area is 103 Å². The second-order valence-corrected chi connectivity index (χ2v) is 4.30. The van der Waals surface area contributed by atoms with E-state index in [2.05, 4.69) is 32.5 Å². The summed E-state index contributed by atoms with van der Waals surface area (Å²) >= 11 is 4.23. The van der Waals surface area contributed by atoms with Gasteiger partial charge in [0.2, 0.25) is 0 Å². The number of methoxy groups -OCH3 is 1. The van der Waals surface area contributed by atoms with Crippen molar-refractivity contribution in [3.63, 3.8) is 0 Å². The van der Waals surface area contributed by atoms with Crippen molar-refractivity contribution in [1.82, 2.24) is 0 Å². The predicted molar refractivity (Wildman–Crippen MR) is 70.9 cm³/mol. The van der Waals surface area contributed by atoms with E-state index in [9.17, 15) is 0 Å². The summed E-state index contributed by atoms with van der Waals surface area (Å²) in [7, 11) is 1.67. The molecule has 2 nitrogen and oxygen atoms in total. The van der Waals surface area contributed by atoms with Gasteiger partial charge >= 0.3 is 0 Å². The molecule has 16 heavy (non-hydrogen) atoms. The first-order valence-corrected chi connectivity index (χ1v) is 6.25. The summed E-state index contributed by atoms with van der Waals surface area (Å²) in [6.07, 6.45) is 1.00. The Bertz CT molecular complexity index is 326. The first-order chi connectivity index (χ1) is 7.71. The fourth-order valence-electron chi connectivity index (χ4n) is 1.34. The Morgan fingerprint density at radius 3 is 2.62 bits per heavy atom. The number of hydrogen-bond acceptors (Lipinski definition) is 3. The van der Waals surface area contributed by atoms with Gasteiger partial charge < -0.3 is 9.47 Å². The van der Waals surface area contributed by atoms with Gasteiger partial charge in [0.25, 0.3) is 0 Å². The predicted octanol–water partition coefficient (Wildman–Crippen LogP) is 3.20. The lowest BCUT2D eigenvalue weighted by Crippen LogP contribution is -2.10. The maximum Gasteiger partial charge on any atom is 0.161 e. The maximum absolute atomic E-state index is 5.71. The van der Waals surface area contributed by atoms with Crippen LogP contribution in [0.3, 0.4) is 0 Å². The molecule has 90 valence electrons. The first kappa shape index (κ1) is 13.2. The van der Waals surface area contributed by atoms with E-state index in [0.717, 1.165) is 23.7 Å². The summed E-state index contributed by atoms with van der Waals surface area (Å²) in [5.74, 6) is 2.90. The van der Waals surface area contributed by atoms with Gasteiger partial charge in [-0.3, -0.25) is 0 Å². The van der Waals surface area contributed by atoms with Gasteiger partial charge in [0, 0.05) is 0 Å². The van der Waals surface area contributed by atoms with Crippen LogP contribution < -0.4 is 9.47 Å². The fraction of sp³-hybridized carbons (Fsp3) is 0.538. The van der Waals surface area contributed by atoms with Crippen LogP contribution in [0.5, 0.6) is 11.5 Å². The molecule has 0 amide bonds. The quantitative estimate of drug-likeness (QED) is 0.770. The summed E-state index contributed by atoms with van der Waals surface area (Å²) in [6.45, 7) is 4.91. The highest BCUT2D eigenvalue weighted by Gasteiger charge is 2.07. The molecule has 1 unspecified atom stereocenters. The molecule has 0 radical (unpaired) electrons. The third-order valence-electron chi connectivity index (χ3n) is 2.47. The van der Waals surface area contributed by atoms with Crippen molar-refractivity contribution in [2.24, 2.45) is 5.92 Å². The average molecular weight is 240 g/mol. The minimum Gasteiger partial charge on any atom is -0.493 e. The molecule has 0 aliphatic carbocycles. The zero-order valence-electron chi connectivity index (χ0n) is 10.2. The van der Waals surface area contributed by atoms with E-state index in [4.69, 9.17) is 9.47 Å². The topological polar surface area (TPSA) is 18.5 Å². The Kier molecular flexibility index (Phi) is 5.53. The number of rotatable bonds is 6. The van der Waals surface area contributed by atoms with Crippen molar-refractivity contribution in [2.45, 2.75) is 20.3 Å². The second-order valence-electron chi connectivity index (χ2n) is 3.94. The van der Waals surface area contributed by atoms with Crippen LogP contribution in [-0.2, 0) is 6.42 Å². The maximum atomic E-state index is 5.71. The zero-order valence-corrected chi connectivity index (χ0v) is 11.1. The monoisotopic (exact) mass is 240 g/mol. The van der Waals surface area contributed by atoms with Crippen LogP contribution in [0, 0.1) is 5.92 Å². The van der Waals surface area contributed by atoms with Crippen molar-refractivity contribution < 1.29 is 9.47 Å². The van der Waals surface area contributed by atoms with Crippen molar-refractivity contribution in [1.29, 1.82) is 0 Å². The van der Waals surface area contributed by atoms with Gasteiger partial charge in [-0.1, -0.05) is 19.9 Å². The van der Waals surface area contributed by atoms with Gasteiger partial charge in [-0.25, -0.2) is 0 Å². The standard InChI is InChI=1S/C13H20O2S/c1-4-11-5-6-12(13(7-11)14-3)15-8-10(2)9-16/h5-7,10,16H,4,8-9H2,1-3H3. The molecule has 0 aliphatic heterocycles. The van der Waals surface area contributed by atoms with Crippen molar-refractivity contribution in [2.75, 3.05) is 19.5 Å². The van der Waals surface area contributed by atoms with E-state index in [0.29, 0.717) is 12.5 Å². The van der Waals surface area contributed by atoms with Crippen LogP contribution in [0.25, 0.3) is 0 Å². The fourth-order valence-corrected chi connectivity index (χ4v) is 1.44. The molecule has 0 bridgehead atoms. The number of thiol groups is 1. The van der Waals surface area contributed by atoms with Crippen LogP contribution in [0.4, 0.5) is 0 Å². The van der Waals surface area contributed by atoms with Gasteiger partial charge in [-0.2, -0.15) is 12.6 Å². The molecular formula is C13H20O2S. The van der Waals surface area contributed by atoms with E-state index in [1.807, 2.05) is 12.1 Å². The number of aryl methyl sites for hydroxylation is 1. The largest absolute Gasteiger partial charge is 0.493 e. The highest BCUT2D eigenvalue weighted by Crippen LogP contribution is 2.28. The molecule has 0 spiro atoms. The molecule has 0 aromatic heterocycles. The van der Waals surface area contributed by atoms with Gasteiger partial charge in [0.05, 0.1) is 13.7 Å². The van der Waals surface area contributed by atoms with Crippen molar-refractivity contribution in [3.05, 3.63) is 23.8 Å². The van der Waals surface area contributed by atoms with Gasteiger partial charge in [0.15, 0.2) is 11.5 Å². The summed E-state index contributed by atoms with van der Waals surface area (Å²) in [5.41, 5.74) is 1.26. The molecule has 1 aromatic rings. The summed E-state index contributed by atoms with van der Waals surface area (Å²) in [6, 6.07) is 6.08. The molecular weight excluding hydrogens is 220 g/mol.